The highest BCUT2D eigenvalue weighted by Crippen LogP contribution is 2.34. The van der Waals surface area contributed by atoms with Gasteiger partial charge in [0.05, 0.1) is 23.6 Å². The number of halogens is 1. The van der Waals surface area contributed by atoms with E-state index in [0.717, 1.165) is 36.9 Å². The number of methoxy groups -OCH3 is 1. The fraction of sp³-hybridized carbons (Fsp3) is 0.320. The summed E-state index contributed by atoms with van der Waals surface area (Å²) in [6, 6.07) is 13.9. The smallest absolute Gasteiger partial charge is 0.254 e. The third-order valence-electron chi connectivity index (χ3n) is 6.03. The Morgan fingerprint density at radius 3 is 2.59 bits per heavy atom. The molecule has 0 bridgehead atoms. The van der Waals surface area contributed by atoms with Gasteiger partial charge in [-0.2, -0.15) is 0 Å². The number of nitrogens with zero attached hydrogens (tertiary/aromatic N) is 2. The van der Waals surface area contributed by atoms with Crippen LogP contribution in [0.5, 0.6) is 0 Å². The lowest BCUT2D eigenvalue weighted by atomic mass is 9.85. The number of anilines is 1. The quantitative estimate of drug-likeness (QED) is 0.598. The number of amides is 1. The van der Waals surface area contributed by atoms with Crippen LogP contribution in [0.3, 0.4) is 0 Å². The molecule has 0 spiro atoms. The molecule has 3 aromatic rings. The van der Waals surface area contributed by atoms with Gasteiger partial charge in [0.2, 0.25) is 0 Å². The van der Waals surface area contributed by atoms with Gasteiger partial charge in [-0.25, -0.2) is 14.4 Å². The normalized spacial score (nSPS) is 18.3. The molecule has 1 aromatic heterocycles. The van der Waals surface area contributed by atoms with Gasteiger partial charge in [-0.15, -0.1) is 0 Å². The van der Waals surface area contributed by atoms with Crippen LogP contribution < -0.4 is 11.1 Å². The van der Waals surface area contributed by atoms with E-state index in [-0.39, 0.29) is 17.3 Å². The van der Waals surface area contributed by atoms with E-state index in [1.807, 2.05) is 30.3 Å². The second kappa shape index (κ2) is 9.87. The SMILES string of the molecule is CO[C@H]1CC[C@H](c2cnc(N)c(-c3ccc(C(=O)NCc4ccccc4)c(F)c3)n2)CC1. The predicted octanol–water partition coefficient (Wildman–Crippen LogP) is 4.47. The maximum absolute atomic E-state index is 14.8. The zero-order valence-electron chi connectivity index (χ0n) is 18.1. The van der Waals surface area contributed by atoms with E-state index in [4.69, 9.17) is 15.5 Å². The van der Waals surface area contributed by atoms with Gasteiger partial charge in [-0.1, -0.05) is 36.4 Å². The third-order valence-corrected chi connectivity index (χ3v) is 6.03. The van der Waals surface area contributed by atoms with Crippen molar-refractivity contribution in [1.29, 1.82) is 0 Å². The van der Waals surface area contributed by atoms with E-state index in [0.29, 0.717) is 23.9 Å². The molecule has 7 heteroatoms. The molecule has 32 heavy (non-hydrogen) atoms. The Labute approximate surface area is 187 Å². The first-order valence-electron chi connectivity index (χ1n) is 10.8. The molecule has 1 heterocycles. The molecule has 1 fully saturated rings. The monoisotopic (exact) mass is 434 g/mol. The molecular weight excluding hydrogens is 407 g/mol. The van der Waals surface area contributed by atoms with Gasteiger partial charge in [0.15, 0.2) is 0 Å². The molecule has 0 unspecified atom stereocenters. The van der Waals surface area contributed by atoms with Crippen molar-refractivity contribution in [3.63, 3.8) is 0 Å². The van der Waals surface area contributed by atoms with Crippen LogP contribution >= 0.6 is 0 Å². The van der Waals surface area contributed by atoms with Crippen LogP contribution in [-0.2, 0) is 11.3 Å². The molecule has 3 N–H and O–H groups in total. The van der Waals surface area contributed by atoms with Gasteiger partial charge in [0.25, 0.3) is 5.91 Å². The Bertz CT molecular complexity index is 1080. The number of rotatable bonds is 6. The molecule has 166 valence electrons. The molecule has 0 radical (unpaired) electrons. The average molecular weight is 435 g/mol. The van der Waals surface area contributed by atoms with Gasteiger partial charge in [-0.3, -0.25) is 4.79 Å². The average Bonchev–Trinajstić information content (AvgIpc) is 2.83. The number of ether oxygens (including phenoxy) is 1. The first kappa shape index (κ1) is 21.9. The Hall–Kier alpha value is -3.32. The van der Waals surface area contributed by atoms with Crippen molar-refractivity contribution in [2.75, 3.05) is 12.8 Å². The van der Waals surface area contributed by atoms with E-state index in [2.05, 4.69) is 10.3 Å². The lowest BCUT2D eigenvalue weighted by Gasteiger charge is -2.27. The molecule has 1 aliphatic carbocycles. The fourth-order valence-corrected chi connectivity index (χ4v) is 4.14. The molecule has 1 amide bonds. The maximum atomic E-state index is 14.8. The minimum atomic E-state index is -0.625. The van der Waals surface area contributed by atoms with Gasteiger partial charge < -0.3 is 15.8 Å². The molecule has 0 saturated heterocycles. The van der Waals surface area contributed by atoms with Crippen molar-refractivity contribution >= 4 is 11.7 Å². The van der Waals surface area contributed by atoms with E-state index < -0.39 is 11.7 Å². The summed E-state index contributed by atoms with van der Waals surface area (Å²) in [5.41, 5.74) is 8.77. The van der Waals surface area contributed by atoms with E-state index in [1.54, 1.807) is 19.4 Å². The highest BCUT2D eigenvalue weighted by Gasteiger charge is 2.24. The lowest BCUT2D eigenvalue weighted by Crippen LogP contribution is -2.23. The standard InChI is InChI=1S/C25H27FN4O2/c1-32-19-10-7-17(8-11-19)22-15-28-24(27)23(30-22)18-9-12-20(21(26)13-18)25(31)29-14-16-5-3-2-4-6-16/h2-6,9,12-13,15,17,19H,7-8,10-11,14H2,1H3,(H2,27,28)(H,29,31)/t17-,19-. The van der Waals surface area contributed by atoms with Crippen molar-refractivity contribution < 1.29 is 13.9 Å². The molecule has 6 nitrogen and oxygen atoms in total. The first-order valence-corrected chi connectivity index (χ1v) is 10.8. The topological polar surface area (TPSA) is 90.1 Å². The molecule has 0 aliphatic heterocycles. The number of nitrogen functional groups attached to an aromatic ring is 1. The van der Waals surface area contributed by atoms with Crippen LogP contribution in [0.4, 0.5) is 10.2 Å². The van der Waals surface area contributed by atoms with Crippen molar-refractivity contribution in [3.05, 3.63) is 77.4 Å². The minimum absolute atomic E-state index is 0.0229. The van der Waals surface area contributed by atoms with Gasteiger partial charge in [-0.05, 0) is 43.4 Å². The Balaban J connectivity index is 1.50. The zero-order chi connectivity index (χ0) is 22.5. The number of hydrogen-bond acceptors (Lipinski definition) is 5. The van der Waals surface area contributed by atoms with Gasteiger partial charge in [0, 0.05) is 25.1 Å². The van der Waals surface area contributed by atoms with E-state index in [1.165, 1.54) is 12.1 Å². The maximum Gasteiger partial charge on any atom is 0.254 e. The van der Waals surface area contributed by atoms with Gasteiger partial charge in [0.1, 0.15) is 17.3 Å². The van der Waals surface area contributed by atoms with Crippen LogP contribution in [0.2, 0.25) is 0 Å². The summed E-state index contributed by atoms with van der Waals surface area (Å²) in [7, 11) is 1.74. The van der Waals surface area contributed by atoms with E-state index in [9.17, 15) is 9.18 Å². The summed E-state index contributed by atoms with van der Waals surface area (Å²) in [4.78, 5) is 21.5. The summed E-state index contributed by atoms with van der Waals surface area (Å²) < 4.78 is 20.3. The largest absolute Gasteiger partial charge is 0.382 e. The Kier molecular flexibility index (Phi) is 6.75. The van der Waals surface area contributed by atoms with Gasteiger partial charge >= 0.3 is 0 Å². The number of nitrogens with one attached hydrogen (secondary N) is 1. The fourth-order valence-electron chi connectivity index (χ4n) is 4.14. The van der Waals surface area contributed by atoms with Crippen molar-refractivity contribution in [3.8, 4) is 11.3 Å². The number of aromatic nitrogens is 2. The predicted molar refractivity (Wildman–Crippen MR) is 121 cm³/mol. The third kappa shape index (κ3) is 4.94. The highest BCUT2D eigenvalue weighted by atomic mass is 19.1. The Morgan fingerprint density at radius 1 is 1.16 bits per heavy atom. The number of carbonyl (C=O) groups excluding carboxylic acids is 1. The second-order valence-electron chi connectivity index (χ2n) is 8.10. The zero-order valence-corrected chi connectivity index (χ0v) is 18.1. The lowest BCUT2D eigenvalue weighted by molar-refractivity contribution is 0.0655. The summed E-state index contributed by atoms with van der Waals surface area (Å²) in [6.45, 7) is 0.326. The highest BCUT2D eigenvalue weighted by molar-refractivity contribution is 5.95. The summed E-state index contributed by atoms with van der Waals surface area (Å²) in [5.74, 6) is -0.581. The van der Waals surface area contributed by atoms with Crippen LogP contribution in [0.1, 0.15) is 53.2 Å². The first-order chi connectivity index (χ1) is 15.5. The number of carbonyl (C=O) groups is 1. The van der Waals surface area contributed by atoms with Crippen molar-refractivity contribution in [2.24, 2.45) is 0 Å². The van der Waals surface area contributed by atoms with Crippen LogP contribution in [0.25, 0.3) is 11.3 Å². The summed E-state index contributed by atoms with van der Waals surface area (Å²) in [6.07, 6.45) is 5.88. The summed E-state index contributed by atoms with van der Waals surface area (Å²) in [5, 5.41) is 2.75. The van der Waals surface area contributed by atoms with Crippen LogP contribution in [0, 0.1) is 5.82 Å². The molecular formula is C25H27FN4O2. The molecule has 1 saturated carbocycles. The Morgan fingerprint density at radius 2 is 1.91 bits per heavy atom. The second-order valence-corrected chi connectivity index (χ2v) is 8.10. The van der Waals surface area contributed by atoms with Crippen molar-refractivity contribution in [2.45, 2.75) is 44.2 Å². The molecule has 4 rings (SSSR count). The number of nitrogens with two attached hydrogens (primary N) is 1. The molecule has 2 aromatic carbocycles. The van der Waals surface area contributed by atoms with Crippen LogP contribution in [0.15, 0.2) is 54.7 Å². The number of benzene rings is 2. The minimum Gasteiger partial charge on any atom is -0.382 e. The molecule has 0 atom stereocenters. The molecule has 1 aliphatic rings. The van der Waals surface area contributed by atoms with E-state index >= 15 is 0 Å². The summed E-state index contributed by atoms with van der Waals surface area (Å²) >= 11 is 0. The van der Waals surface area contributed by atoms with Crippen LogP contribution in [-0.4, -0.2) is 29.1 Å². The number of hydrogen-bond donors (Lipinski definition) is 2. The van der Waals surface area contributed by atoms with Crippen molar-refractivity contribution in [1.82, 2.24) is 15.3 Å².